The number of allylic oxidation sites excluding steroid dienone is 1. The van der Waals surface area contributed by atoms with E-state index in [9.17, 15) is 19.4 Å². The number of hydrogen-bond acceptors (Lipinski definition) is 5. The zero-order valence-electron chi connectivity index (χ0n) is 18.3. The van der Waals surface area contributed by atoms with Crippen molar-refractivity contribution in [2.24, 2.45) is 5.92 Å². The molecule has 0 spiro atoms. The first-order valence-electron chi connectivity index (χ1n) is 10.4. The number of hydrogen-bond donors (Lipinski definition) is 3. The summed E-state index contributed by atoms with van der Waals surface area (Å²) in [6, 6.07) is 8.52. The quantitative estimate of drug-likeness (QED) is 0.287. The van der Waals surface area contributed by atoms with Crippen LogP contribution in [-0.4, -0.2) is 35.7 Å². The van der Waals surface area contributed by atoms with Gasteiger partial charge in [0.15, 0.2) is 5.85 Å². The second kappa shape index (κ2) is 11.6. The Bertz CT molecular complexity index is 942. The largest absolute Gasteiger partial charge is 0.496 e. The molecule has 3 N–H and O–H groups in total. The highest BCUT2D eigenvalue weighted by Crippen LogP contribution is 2.54. The molecule has 0 fully saturated rings. The van der Waals surface area contributed by atoms with Gasteiger partial charge in [-0.1, -0.05) is 38.8 Å². The van der Waals surface area contributed by atoms with E-state index in [-0.39, 0.29) is 12.1 Å². The fourth-order valence-electron chi connectivity index (χ4n) is 3.38. The van der Waals surface area contributed by atoms with Gasteiger partial charge in [0, 0.05) is 23.1 Å². The third kappa shape index (κ3) is 6.53. The number of aliphatic hydroxyl groups excluding tert-OH is 1. The van der Waals surface area contributed by atoms with Gasteiger partial charge in [0.25, 0.3) is 5.91 Å². The van der Waals surface area contributed by atoms with E-state index in [4.69, 9.17) is 4.74 Å². The molecule has 0 saturated carbocycles. The van der Waals surface area contributed by atoms with Gasteiger partial charge in [0.2, 0.25) is 7.37 Å². The lowest BCUT2D eigenvalue weighted by Crippen LogP contribution is -2.28. The molecule has 2 aromatic rings. The first-order chi connectivity index (χ1) is 14.8. The predicted molar refractivity (Wildman–Crippen MR) is 127 cm³/mol. The Kier molecular flexibility index (Phi) is 9.51. The van der Waals surface area contributed by atoms with Crippen LogP contribution in [0.4, 0.5) is 0 Å². The highest BCUT2D eigenvalue weighted by molar-refractivity contribution is 7.58. The van der Waals surface area contributed by atoms with E-state index in [2.05, 4.69) is 25.7 Å². The molecule has 0 bridgehead atoms. The number of nitrogens with one attached hydrogen (secondary N) is 1. The number of thiophene rings is 1. The Morgan fingerprint density at radius 1 is 1.32 bits per heavy atom. The van der Waals surface area contributed by atoms with Crippen LogP contribution in [0.1, 0.15) is 54.2 Å². The van der Waals surface area contributed by atoms with Crippen LogP contribution < -0.4 is 10.1 Å². The lowest BCUT2D eigenvalue weighted by molar-refractivity contribution is 0.0950. The number of aliphatic hydroxyl groups is 1. The standard InChI is InChI=1S/C23H32NO5PS/c1-5-8-16(7-3)15-24-22(25)21-12-11-20(31-21)18-10-9-17(14-19(18)29-4)23(26)30(27,28)13-6-2/h6,9-12,14,16,23,26H,2,5,7-8,13,15H2,1,3-4H3,(H,24,25)(H,27,28). The van der Waals surface area contributed by atoms with Gasteiger partial charge >= 0.3 is 0 Å². The zero-order chi connectivity index (χ0) is 23.0. The number of amides is 1. The van der Waals surface area contributed by atoms with Crippen molar-refractivity contribution in [1.82, 2.24) is 5.32 Å². The summed E-state index contributed by atoms with van der Waals surface area (Å²) in [7, 11) is -2.33. The van der Waals surface area contributed by atoms with Gasteiger partial charge in [-0.15, -0.1) is 17.9 Å². The smallest absolute Gasteiger partial charge is 0.261 e. The highest BCUT2D eigenvalue weighted by atomic mass is 32.1. The number of rotatable bonds is 12. The molecule has 3 unspecified atom stereocenters. The van der Waals surface area contributed by atoms with Crippen molar-refractivity contribution >= 4 is 24.6 Å². The molecule has 6 nitrogen and oxygen atoms in total. The van der Waals surface area contributed by atoms with Crippen LogP contribution in [0.3, 0.4) is 0 Å². The minimum atomic E-state index is -3.82. The first kappa shape index (κ1) is 25.3. The lowest BCUT2D eigenvalue weighted by atomic mass is 10.0. The fraction of sp³-hybridized carbons (Fsp3) is 0.435. The van der Waals surface area contributed by atoms with Crippen molar-refractivity contribution in [3.8, 4) is 16.2 Å². The Balaban J connectivity index is 2.20. The molecular formula is C23H32NO5PS. The van der Waals surface area contributed by atoms with Crippen LogP contribution >= 0.6 is 18.7 Å². The van der Waals surface area contributed by atoms with Crippen molar-refractivity contribution in [1.29, 1.82) is 0 Å². The van der Waals surface area contributed by atoms with E-state index in [0.29, 0.717) is 28.7 Å². The van der Waals surface area contributed by atoms with Gasteiger partial charge in [-0.2, -0.15) is 0 Å². The van der Waals surface area contributed by atoms with Gasteiger partial charge in [-0.3, -0.25) is 9.36 Å². The summed E-state index contributed by atoms with van der Waals surface area (Å²) in [5.41, 5.74) is 1.04. The monoisotopic (exact) mass is 465 g/mol. The number of carbonyl (C=O) groups excluding carboxylic acids is 1. The average molecular weight is 466 g/mol. The van der Waals surface area contributed by atoms with E-state index in [1.807, 2.05) is 6.07 Å². The van der Waals surface area contributed by atoms with E-state index >= 15 is 0 Å². The van der Waals surface area contributed by atoms with Crippen molar-refractivity contribution in [2.75, 3.05) is 19.8 Å². The van der Waals surface area contributed by atoms with E-state index in [1.54, 1.807) is 24.3 Å². The molecule has 3 atom stereocenters. The zero-order valence-corrected chi connectivity index (χ0v) is 20.0. The number of carbonyl (C=O) groups is 1. The van der Waals surface area contributed by atoms with Gasteiger partial charge < -0.3 is 20.1 Å². The Morgan fingerprint density at radius 2 is 2.06 bits per heavy atom. The van der Waals surface area contributed by atoms with Gasteiger partial charge in [0.05, 0.1) is 12.0 Å². The van der Waals surface area contributed by atoms with Crippen molar-refractivity contribution < 1.29 is 24.1 Å². The number of benzene rings is 1. The maximum Gasteiger partial charge on any atom is 0.261 e. The second-order valence-corrected chi connectivity index (χ2v) is 10.9. The molecular weight excluding hydrogens is 433 g/mol. The molecule has 170 valence electrons. The third-order valence-electron chi connectivity index (χ3n) is 5.22. The lowest BCUT2D eigenvalue weighted by Gasteiger charge is -2.18. The number of ether oxygens (including phenoxy) is 1. The minimum Gasteiger partial charge on any atom is -0.496 e. The van der Waals surface area contributed by atoms with Crippen LogP contribution in [0.15, 0.2) is 43.0 Å². The summed E-state index contributed by atoms with van der Waals surface area (Å²) in [5.74, 6) is -0.677. The molecule has 0 aliphatic rings. The van der Waals surface area contributed by atoms with Gasteiger partial charge in [-0.25, -0.2) is 0 Å². The van der Waals surface area contributed by atoms with Crippen LogP contribution in [0, 0.1) is 5.92 Å². The molecule has 0 radical (unpaired) electrons. The Hall–Kier alpha value is -1.92. The molecule has 0 saturated heterocycles. The molecule has 2 rings (SSSR count). The molecule has 1 heterocycles. The summed E-state index contributed by atoms with van der Waals surface area (Å²) >= 11 is 1.35. The maximum absolute atomic E-state index is 12.6. The van der Waals surface area contributed by atoms with Crippen molar-refractivity contribution in [3.63, 3.8) is 0 Å². The average Bonchev–Trinajstić information content (AvgIpc) is 3.25. The van der Waals surface area contributed by atoms with Crippen LogP contribution in [0.2, 0.25) is 0 Å². The Labute approximate surface area is 188 Å². The predicted octanol–water partition coefficient (Wildman–Crippen LogP) is 5.43. The molecule has 8 heteroatoms. The molecule has 31 heavy (non-hydrogen) atoms. The summed E-state index contributed by atoms with van der Waals surface area (Å²) in [4.78, 5) is 24.0. The summed E-state index contributed by atoms with van der Waals surface area (Å²) in [5, 5.41) is 13.4. The first-order valence-corrected chi connectivity index (χ1v) is 13.2. The van der Waals surface area contributed by atoms with Crippen molar-refractivity contribution in [3.05, 3.63) is 53.4 Å². The molecule has 1 aromatic heterocycles. The highest BCUT2D eigenvalue weighted by Gasteiger charge is 2.30. The molecule has 1 amide bonds. The fourth-order valence-corrected chi connectivity index (χ4v) is 5.53. The SMILES string of the molecule is C=CCP(=O)(O)C(O)c1ccc(-c2ccc(C(=O)NCC(CC)CCC)s2)c(OC)c1. The van der Waals surface area contributed by atoms with E-state index in [1.165, 1.54) is 24.5 Å². The third-order valence-corrected chi connectivity index (χ3v) is 8.18. The molecule has 0 aliphatic carbocycles. The van der Waals surface area contributed by atoms with E-state index in [0.717, 1.165) is 29.7 Å². The normalized spacial score (nSPS) is 15.0. The van der Waals surface area contributed by atoms with Gasteiger partial charge in [-0.05, 0) is 42.2 Å². The van der Waals surface area contributed by atoms with Gasteiger partial charge in [0.1, 0.15) is 5.75 Å². The number of methoxy groups -OCH3 is 1. The molecule has 1 aromatic carbocycles. The van der Waals surface area contributed by atoms with E-state index < -0.39 is 13.2 Å². The Morgan fingerprint density at radius 3 is 2.68 bits per heavy atom. The molecule has 0 aliphatic heterocycles. The van der Waals surface area contributed by atoms with Crippen molar-refractivity contribution in [2.45, 2.75) is 39.0 Å². The van der Waals surface area contributed by atoms with Crippen LogP contribution in [0.25, 0.3) is 10.4 Å². The minimum absolute atomic E-state index is 0.0949. The van der Waals surface area contributed by atoms with Crippen LogP contribution in [0.5, 0.6) is 5.75 Å². The summed E-state index contributed by atoms with van der Waals surface area (Å²) in [6.45, 7) is 8.41. The van der Waals surface area contributed by atoms with Crippen LogP contribution in [-0.2, 0) is 4.57 Å². The topological polar surface area (TPSA) is 95.9 Å². The second-order valence-electron chi connectivity index (χ2n) is 7.50. The summed E-state index contributed by atoms with van der Waals surface area (Å²) < 4.78 is 17.7. The maximum atomic E-state index is 12.6. The summed E-state index contributed by atoms with van der Waals surface area (Å²) in [6.07, 6.45) is 4.36.